The Labute approximate surface area is 110 Å². The van der Waals surface area contributed by atoms with Crippen molar-refractivity contribution in [3.05, 3.63) is 28.2 Å². The summed E-state index contributed by atoms with van der Waals surface area (Å²) in [5, 5.41) is 10.5. The summed E-state index contributed by atoms with van der Waals surface area (Å²) in [6.07, 6.45) is 2.61. The summed E-state index contributed by atoms with van der Waals surface area (Å²) in [6, 6.07) is 5.65. The maximum absolute atomic E-state index is 10.5. The van der Waals surface area contributed by atoms with Crippen LogP contribution < -0.4 is 10.5 Å². The summed E-state index contributed by atoms with van der Waals surface area (Å²) in [6.45, 7) is 0.526. The Morgan fingerprint density at radius 3 is 2.71 bits per heavy atom. The Morgan fingerprint density at radius 1 is 1.53 bits per heavy atom. The molecular weight excluding hydrogens is 282 g/mol. The summed E-state index contributed by atoms with van der Waals surface area (Å²) in [5.74, 6) is 0.758. The van der Waals surface area contributed by atoms with Crippen molar-refractivity contribution >= 4 is 15.9 Å². The van der Waals surface area contributed by atoms with E-state index >= 15 is 0 Å². The highest BCUT2D eigenvalue weighted by molar-refractivity contribution is 9.10. The molecule has 1 unspecified atom stereocenters. The average Bonchev–Trinajstić information content (AvgIpc) is 2.29. The number of aliphatic hydroxyl groups is 1. The predicted octanol–water partition coefficient (Wildman–Crippen LogP) is 2.62. The van der Waals surface area contributed by atoms with E-state index in [2.05, 4.69) is 15.9 Å². The first-order chi connectivity index (χ1) is 8.13. The van der Waals surface area contributed by atoms with Gasteiger partial charge < -0.3 is 15.6 Å². The molecule has 3 nitrogen and oxygen atoms in total. The van der Waals surface area contributed by atoms with Gasteiger partial charge in [0.1, 0.15) is 5.75 Å². The molecule has 0 radical (unpaired) electrons. The maximum atomic E-state index is 10.5. The summed E-state index contributed by atoms with van der Waals surface area (Å²) in [5.41, 5.74) is 6.55. The number of ether oxygens (including phenoxy) is 1. The fourth-order valence-corrected chi connectivity index (χ4v) is 2.87. The summed E-state index contributed by atoms with van der Waals surface area (Å²) in [7, 11) is 1.63. The molecule has 1 saturated carbocycles. The molecule has 4 heteroatoms. The molecule has 1 aliphatic carbocycles. The van der Waals surface area contributed by atoms with Gasteiger partial charge >= 0.3 is 0 Å². The molecule has 0 aliphatic heterocycles. The zero-order chi connectivity index (χ0) is 12.5. The van der Waals surface area contributed by atoms with Gasteiger partial charge in [0, 0.05) is 16.4 Å². The Bertz CT molecular complexity index is 399. The van der Waals surface area contributed by atoms with Gasteiger partial charge in [-0.15, -0.1) is 0 Å². The lowest BCUT2D eigenvalue weighted by atomic mass is 9.63. The molecule has 3 N–H and O–H groups in total. The highest BCUT2D eigenvalue weighted by Crippen LogP contribution is 2.50. The fourth-order valence-electron chi connectivity index (χ4n) is 2.41. The summed E-state index contributed by atoms with van der Waals surface area (Å²) in [4.78, 5) is 0. The second-order valence-electron chi connectivity index (χ2n) is 4.71. The van der Waals surface area contributed by atoms with E-state index < -0.39 is 6.10 Å². The van der Waals surface area contributed by atoms with Crippen molar-refractivity contribution in [3.63, 3.8) is 0 Å². The normalized spacial score (nSPS) is 19.5. The second kappa shape index (κ2) is 4.96. The largest absolute Gasteiger partial charge is 0.497 e. The lowest BCUT2D eigenvalue weighted by Crippen LogP contribution is -2.42. The number of halogens is 1. The minimum atomic E-state index is -0.522. The molecule has 0 bridgehead atoms. The molecule has 0 aromatic heterocycles. The van der Waals surface area contributed by atoms with Crippen LogP contribution >= 0.6 is 15.9 Å². The molecule has 0 spiro atoms. The summed E-state index contributed by atoms with van der Waals surface area (Å²) < 4.78 is 6.10. The highest BCUT2D eigenvalue weighted by Gasteiger charge is 2.43. The molecule has 0 heterocycles. The van der Waals surface area contributed by atoms with Crippen LogP contribution in [0.5, 0.6) is 5.75 Å². The molecular formula is C13H18BrNO2. The van der Waals surface area contributed by atoms with Crippen LogP contribution in [0.2, 0.25) is 0 Å². The zero-order valence-electron chi connectivity index (χ0n) is 9.95. The molecule has 1 aromatic rings. The zero-order valence-corrected chi connectivity index (χ0v) is 11.5. The van der Waals surface area contributed by atoms with E-state index in [9.17, 15) is 5.11 Å². The first-order valence-electron chi connectivity index (χ1n) is 5.84. The number of nitrogens with two attached hydrogens (primary N) is 1. The van der Waals surface area contributed by atoms with Crippen LogP contribution in [-0.4, -0.2) is 18.8 Å². The second-order valence-corrected chi connectivity index (χ2v) is 5.56. The number of benzene rings is 1. The monoisotopic (exact) mass is 299 g/mol. The first-order valence-corrected chi connectivity index (χ1v) is 6.64. The summed E-state index contributed by atoms with van der Waals surface area (Å²) >= 11 is 3.48. The molecule has 1 atom stereocenters. The van der Waals surface area contributed by atoms with Crippen molar-refractivity contribution in [2.75, 3.05) is 13.7 Å². The van der Waals surface area contributed by atoms with Crippen molar-refractivity contribution in [2.24, 2.45) is 11.1 Å². The third-order valence-electron chi connectivity index (χ3n) is 3.83. The van der Waals surface area contributed by atoms with Gasteiger partial charge in [-0.3, -0.25) is 0 Å². The number of rotatable bonds is 4. The smallest absolute Gasteiger partial charge is 0.119 e. The van der Waals surface area contributed by atoms with E-state index in [-0.39, 0.29) is 5.41 Å². The van der Waals surface area contributed by atoms with Crippen molar-refractivity contribution in [2.45, 2.75) is 25.4 Å². The highest BCUT2D eigenvalue weighted by atomic mass is 79.9. The minimum absolute atomic E-state index is 0.144. The van der Waals surface area contributed by atoms with Gasteiger partial charge in [0.15, 0.2) is 0 Å². The molecule has 17 heavy (non-hydrogen) atoms. The van der Waals surface area contributed by atoms with Gasteiger partial charge in [-0.25, -0.2) is 0 Å². The number of methoxy groups -OCH3 is 1. The van der Waals surface area contributed by atoms with Gasteiger partial charge in [-0.2, -0.15) is 0 Å². The van der Waals surface area contributed by atoms with Crippen molar-refractivity contribution in [1.82, 2.24) is 0 Å². The Balaban J connectivity index is 2.32. The van der Waals surface area contributed by atoms with Gasteiger partial charge in [0.05, 0.1) is 13.2 Å². The lowest BCUT2D eigenvalue weighted by molar-refractivity contribution is -0.0302. The minimum Gasteiger partial charge on any atom is -0.497 e. The van der Waals surface area contributed by atoms with Gasteiger partial charge in [-0.05, 0) is 36.6 Å². The quantitative estimate of drug-likeness (QED) is 0.898. The van der Waals surface area contributed by atoms with Crippen LogP contribution in [0.3, 0.4) is 0 Å². The van der Waals surface area contributed by atoms with Crippen molar-refractivity contribution in [1.29, 1.82) is 0 Å². The number of hydrogen-bond acceptors (Lipinski definition) is 3. The van der Waals surface area contributed by atoms with Crippen LogP contribution in [0.25, 0.3) is 0 Å². The molecule has 1 aromatic carbocycles. The van der Waals surface area contributed by atoms with E-state index in [1.807, 2.05) is 18.2 Å². The van der Waals surface area contributed by atoms with E-state index in [1.54, 1.807) is 7.11 Å². The molecule has 94 valence electrons. The molecule has 0 saturated heterocycles. The number of aliphatic hydroxyl groups excluding tert-OH is 1. The van der Waals surface area contributed by atoms with Crippen LogP contribution in [0.4, 0.5) is 0 Å². The Hall–Kier alpha value is -0.580. The molecule has 1 fully saturated rings. The van der Waals surface area contributed by atoms with E-state index in [1.165, 1.54) is 0 Å². The fraction of sp³-hybridized carbons (Fsp3) is 0.538. The van der Waals surface area contributed by atoms with E-state index in [0.29, 0.717) is 6.54 Å². The standard InChI is InChI=1S/C13H18BrNO2/c1-17-9-3-4-11(14)10(7-9)12(16)13(8-15)5-2-6-13/h3-4,7,12,16H,2,5-6,8,15H2,1H3. The van der Waals surface area contributed by atoms with Crippen LogP contribution in [0.15, 0.2) is 22.7 Å². The van der Waals surface area contributed by atoms with Crippen LogP contribution in [-0.2, 0) is 0 Å². The third kappa shape index (κ3) is 2.21. The Kier molecular flexibility index (Phi) is 3.76. The van der Waals surface area contributed by atoms with Gasteiger partial charge in [0.25, 0.3) is 0 Å². The molecule has 0 amide bonds. The average molecular weight is 300 g/mol. The van der Waals surface area contributed by atoms with Crippen LogP contribution in [0, 0.1) is 5.41 Å². The van der Waals surface area contributed by atoms with E-state index in [0.717, 1.165) is 35.0 Å². The maximum Gasteiger partial charge on any atom is 0.119 e. The van der Waals surface area contributed by atoms with Gasteiger partial charge in [0.2, 0.25) is 0 Å². The van der Waals surface area contributed by atoms with Crippen molar-refractivity contribution in [3.8, 4) is 5.75 Å². The van der Waals surface area contributed by atoms with Crippen molar-refractivity contribution < 1.29 is 9.84 Å². The first kappa shape index (κ1) is 12.9. The van der Waals surface area contributed by atoms with E-state index in [4.69, 9.17) is 10.5 Å². The Morgan fingerprint density at radius 2 is 2.24 bits per heavy atom. The SMILES string of the molecule is COc1ccc(Br)c(C(O)C2(CN)CCC2)c1. The molecule has 2 rings (SSSR count). The van der Waals surface area contributed by atoms with Crippen LogP contribution in [0.1, 0.15) is 30.9 Å². The predicted molar refractivity (Wildman–Crippen MR) is 71.0 cm³/mol. The third-order valence-corrected chi connectivity index (χ3v) is 4.56. The number of hydrogen-bond donors (Lipinski definition) is 2. The van der Waals surface area contributed by atoms with Gasteiger partial charge in [-0.1, -0.05) is 22.4 Å². The lowest BCUT2D eigenvalue weighted by Gasteiger charge is -2.45. The molecule has 1 aliphatic rings. The topological polar surface area (TPSA) is 55.5 Å².